The Balaban J connectivity index is 1.73. The maximum absolute atomic E-state index is 12.9. The number of ketones is 1. The first-order valence-corrected chi connectivity index (χ1v) is 8.76. The van der Waals surface area contributed by atoms with Gasteiger partial charge in [0.1, 0.15) is 5.78 Å². The van der Waals surface area contributed by atoms with E-state index in [1.807, 2.05) is 0 Å². The zero-order valence-electron chi connectivity index (χ0n) is 12.8. The fourth-order valence-corrected chi connectivity index (χ4v) is 4.23. The molecule has 3 rings (SSSR count). The van der Waals surface area contributed by atoms with Crippen molar-refractivity contribution in [2.45, 2.75) is 38.3 Å². The molecule has 24 heavy (non-hydrogen) atoms. The number of fused-ring (bicyclic) bond motifs is 2. The smallest absolute Gasteiger partial charge is 0.326 e. The molecule has 7 heteroatoms. The lowest BCUT2D eigenvalue weighted by Gasteiger charge is -2.36. The number of alkyl halides is 3. The van der Waals surface area contributed by atoms with E-state index < -0.39 is 11.7 Å². The second kappa shape index (κ2) is 6.50. The predicted molar refractivity (Wildman–Crippen MR) is 86.3 cm³/mol. The molecule has 0 radical (unpaired) electrons. The fourth-order valence-electron chi connectivity index (χ4n) is 3.76. The molecule has 2 aliphatic carbocycles. The molecular formula is C17H17BrF3NO2. The first-order chi connectivity index (χ1) is 11.3. The Kier molecular flexibility index (Phi) is 4.73. The van der Waals surface area contributed by atoms with E-state index in [9.17, 15) is 22.8 Å². The number of hydrogen-bond acceptors (Lipinski definition) is 2. The van der Waals surface area contributed by atoms with Crippen LogP contribution in [-0.4, -0.2) is 11.7 Å². The minimum atomic E-state index is -4.49. The molecule has 1 N–H and O–H groups in total. The van der Waals surface area contributed by atoms with Crippen molar-refractivity contribution in [1.82, 2.24) is 0 Å². The van der Waals surface area contributed by atoms with Crippen LogP contribution >= 0.6 is 15.9 Å². The molecule has 2 fully saturated rings. The summed E-state index contributed by atoms with van der Waals surface area (Å²) in [7, 11) is 0. The molecule has 2 saturated carbocycles. The van der Waals surface area contributed by atoms with Crippen LogP contribution in [0.15, 0.2) is 22.7 Å². The van der Waals surface area contributed by atoms with Gasteiger partial charge in [0.05, 0.1) is 5.56 Å². The molecule has 1 unspecified atom stereocenters. The summed E-state index contributed by atoms with van der Waals surface area (Å²) in [5.74, 6) is -0.480. The number of carbonyl (C=O) groups excluding carboxylic acids is 2. The lowest BCUT2D eigenvalue weighted by atomic mass is 9.67. The van der Waals surface area contributed by atoms with Crippen LogP contribution in [0.25, 0.3) is 0 Å². The highest BCUT2D eigenvalue weighted by atomic mass is 79.9. The Morgan fingerprint density at radius 2 is 1.79 bits per heavy atom. The molecule has 2 aliphatic rings. The SMILES string of the molecule is O=C(Nc1ccc(Br)c(C(F)(F)F)c1)C1C[C@H]2CCC[C@@H](C1)C2=O. The van der Waals surface area contributed by atoms with Crippen LogP contribution in [0.2, 0.25) is 0 Å². The standard InChI is InChI=1S/C17H17BrF3NO2/c18-14-5-4-12(8-13(14)17(19,20)21)22-16(24)11-6-9-2-1-3-10(7-11)15(9)23/h4-5,8-11H,1-3,6-7H2,(H,22,24)/t9-,10+,11?. The average Bonchev–Trinajstić information content (AvgIpc) is 2.47. The average molecular weight is 404 g/mol. The van der Waals surface area contributed by atoms with E-state index >= 15 is 0 Å². The molecule has 3 nitrogen and oxygen atoms in total. The number of rotatable bonds is 2. The molecule has 3 atom stereocenters. The highest BCUT2D eigenvalue weighted by molar-refractivity contribution is 9.10. The van der Waals surface area contributed by atoms with Gasteiger partial charge < -0.3 is 5.32 Å². The van der Waals surface area contributed by atoms with Crippen molar-refractivity contribution in [2.24, 2.45) is 17.8 Å². The molecule has 1 aromatic carbocycles. The van der Waals surface area contributed by atoms with Crippen molar-refractivity contribution in [3.8, 4) is 0 Å². The molecule has 2 bridgehead atoms. The van der Waals surface area contributed by atoms with Crippen LogP contribution in [0.3, 0.4) is 0 Å². The second-order valence-corrected chi connectivity index (χ2v) is 7.43. The third-order valence-corrected chi connectivity index (χ3v) is 5.65. The number of hydrogen-bond donors (Lipinski definition) is 1. The molecule has 1 aromatic rings. The van der Waals surface area contributed by atoms with Gasteiger partial charge in [-0.3, -0.25) is 9.59 Å². The Bertz CT molecular complexity index is 658. The molecule has 130 valence electrons. The molecule has 1 amide bonds. The van der Waals surface area contributed by atoms with E-state index in [1.54, 1.807) is 0 Å². The number of halogens is 4. The van der Waals surface area contributed by atoms with Crippen LogP contribution < -0.4 is 5.32 Å². The third kappa shape index (κ3) is 3.50. The van der Waals surface area contributed by atoms with E-state index in [2.05, 4.69) is 21.2 Å². The van der Waals surface area contributed by atoms with Crippen molar-refractivity contribution in [1.29, 1.82) is 0 Å². The highest BCUT2D eigenvalue weighted by Crippen LogP contribution is 2.41. The van der Waals surface area contributed by atoms with Gasteiger partial charge >= 0.3 is 6.18 Å². The Labute approximate surface area is 146 Å². The summed E-state index contributed by atoms with van der Waals surface area (Å²) in [6, 6.07) is 3.64. The van der Waals surface area contributed by atoms with Crippen molar-refractivity contribution in [2.75, 3.05) is 5.32 Å². The summed E-state index contributed by atoms with van der Waals surface area (Å²) < 4.78 is 38.8. The normalized spacial score (nSPS) is 27.0. The summed E-state index contributed by atoms with van der Waals surface area (Å²) in [5.41, 5.74) is -0.700. The first kappa shape index (κ1) is 17.5. The van der Waals surface area contributed by atoms with E-state index in [0.29, 0.717) is 12.8 Å². The van der Waals surface area contributed by atoms with E-state index in [0.717, 1.165) is 25.3 Å². The lowest BCUT2D eigenvalue weighted by molar-refractivity contribution is -0.138. The van der Waals surface area contributed by atoms with Gasteiger partial charge in [-0.1, -0.05) is 22.4 Å². The van der Waals surface area contributed by atoms with Crippen LogP contribution in [0.1, 0.15) is 37.7 Å². The summed E-state index contributed by atoms with van der Waals surface area (Å²) in [4.78, 5) is 24.5. The van der Waals surface area contributed by atoms with Gasteiger partial charge in [0.15, 0.2) is 0 Å². The summed E-state index contributed by atoms with van der Waals surface area (Å²) in [5, 5.41) is 2.58. The highest BCUT2D eigenvalue weighted by Gasteiger charge is 2.41. The Morgan fingerprint density at radius 3 is 2.38 bits per heavy atom. The molecule has 0 spiro atoms. The summed E-state index contributed by atoms with van der Waals surface area (Å²) in [6.45, 7) is 0. The fraction of sp³-hybridized carbons (Fsp3) is 0.529. The Hall–Kier alpha value is -1.37. The maximum Gasteiger partial charge on any atom is 0.417 e. The molecule has 0 saturated heterocycles. The number of benzene rings is 1. The van der Waals surface area contributed by atoms with Crippen molar-refractivity contribution in [3.05, 3.63) is 28.2 Å². The lowest BCUT2D eigenvalue weighted by Crippen LogP contribution is -2.40. The van der Waals surface area contributed by atoms with Crippen molar-refractivity contribution in [3.63, 3.8) is 0 Å². The second-order valence-electron chi connectivity index (χ2n) is 6.58. The number of anilines is 1. The summed E-state index contributed by atoms with van der Waals surface area (Å²) in [6.07, 6.45) is -0.843. The zero-order valence-corrected chi connectivity index (χ0v) is 14.4. The van der Waals surface area contributed by atoms with Gasteiger partial charge in [0, 0.05) is 27.9 Å². The quantitative estimate of drug-likeness (QED) is 0.770. The Morgan fingerprint density at radius 1 is 1.17 bits per heavy atom. The van der Waals surface area contributed by atoms with Crippen molar-refractivity contribution < 1.29 is 22.8 Å². The van der Waals surface area contributed by atoms with Gasteiger partial charge in [0.25, 0.3) is 0 Å². The minimum absolute atomic E-state index is 0.0641. The zero-order chi connectivity index (χ0) is 17.5. The first-order valence-electron chi connectivity index (χ1n) is 7.97. The van der Waals surface area contributed by atoms with E-state index in [1.165, 1.54) is 12.1 Å². The minimum Gasteiger partial charge on any atom is -0.326 e. The van der Waals surface area contributed by atoms with Gasteiger partial charge in [0.2, 0.25) is 5.91 Å². The molecule has 0 aromatic heterocycles. The van der Waals surface area contributed by atoms with Gasteiger partial charge in [-0.2, -0.15) is 13.2 Å². The largest absolute Gasteiger partial charge is 0.417 e. The maximum atomic E-state index is 12.9. The van der Waals surface area contributed by atoms with Gasteiger partial charge in [-0.05, 0) is 43.9 Å². The van der Waals surface area contributed by atoms with Crippen LogP contribution in [0.5, 0.6) is 0 Å². The number of Topliss-reactive ketones (excluding diaryl/α,β-unsaturated/α-hetero) is 1. The monoisotopic (exact) mass is 403 g/mol. The molecule has 0 aliphatic heterocycles. The van der Waals surface area contributed by atoms with E-state index in [-0.39, 0.29) is 39.6 Å². The predicted octanol–water partition coefficient (Wildman–Crippen LogP) is 4.80. The topological polar surface area (TPSA) is 46.2 Å². The van der Waals surface area contributed by atoms with Gasteiger partial charge in [-0.25, -0.2) is 0 Å². The van der Waals surface area contributed by atoms with Crippen LogP contribution in [-0.2, 0) is 15.8 Å². The van der Waals surface area contributed by atoms with Crippen molar-refractivity contribution >= 4 is 33.3 Å². The van der Waals surface area contributed by atoms with Gasteiger partial charge in [-0.15, -0.1) is 0 Å². The third-order valence-electron chi connectivity index (χ3n) is 4.96. The van der Waals surface area contributed by atoms with Crippen LogP contribution in [0, 0.1) is 17.8 Å². The summed E-state index contributed by atoms with van der Waals surface area (Å²) >= 11 is 2.88. The number of nitrogens with one attached hydrogen (secondary N) is 1. The number of carbonyl (C=O) groups is 2. The van der Waals surface area contributed by atoms with E-state index in [4.69, 9.17) is 0 Å². The number of amides is 1. The molecule has 0 heterocycles. The molecular weight excluding hydrogens is 387 g/mol. The van der Waals surface area contributed by atoms with Crippen LogP contribution in [0.4, 0.5) is 18.9 Å².